The lowest BCUT2D eigenvalue weighted by molar-refractivity contribution is -0.711. The molecule has 3 aromatic rings. The molecular formula is C32H36N2P+. The highest BCUT2D eigenvalue weighted by molar-refractivity contribution is 7.77. The van der Waals surface area contributed by atoms with E-state index in [9.17, 15) is 0 Å². The van der Waals surface area contributed by atoms with Crippen molar-refractivity contribution >= 4 is 18.5 Å². The van der Waals surface area contributed by atoms with Crippen LogP contribution in [-0.4, -0.2) is 4.57 Å². The van der Waals surface area contributed by atoms with Crippen LogP contribution in [0.1, 0.15) is 57.9 Å². The maximum absolute atomic E-state index is 2.65. The van der Waals surface area contributed by atoms with Gasteiger partial charge in [-0.25, -0.2) is 9.13 Å². The Hall–Kier alpha value is -2.44. The SMILES string of the molecule is CC(C1=C(P(c2ccccc2)c2ccccc2)C=CC1)[n+]1ccn(C23CC4CC(CC(C4)C2)C3)c1. The molecule has 0 N–H and O–H groups in total. The Morgan fingerprint density at radius 3 is 2.00 bits per heavy atom. The maximum Gasteiger partial charge on any atom is 0.244 e. The van der Waals surface area contributed by atoms with E-state index in [1.54, 1.807) is 10.9 Å². The van der Waals surface area contributed by atoms with Crippen molar-refractivity contribution in [1.29, 1.82) is 0 Å². The summed E-state index contributed by atoms with van der Waals surface area (Å²) >= 11 is 0. The maximum atomic E-state index is 2.65. The molecule has 1 aromatic heterocycles. The second kappa shape index (κ2) is 8.59. The molecule has 1 heterocycles. The summed E-state index contributed by atoms with van der Waals surface area (Å²) in [7, 11) is -0.557. The van der Waals surface area contributed by atoms with Crippen LogP contribution >= 0.6 is 7.92 Å². The first kappa shape index (κ1) is 21.8. The van der Waals surface area contributed by atoms with Crippen molar-refractivity contribution in [2.75, 3.05) is 0 Å². The van der Waals surface area contributed by atoms with Crippen molar-refractivity contribution in [3.63, 3.8) is 0 Å². The third kappa shape index (κ3) is 3.77. The van der Waals surface area contributed by atoms with Gasteiger partial charge in [-0.3, -0.25) is 0 Å². The number of hydrogen-bond donors (Lipinski definition) is 0. The highest BCUT2D eigenvalue weighted by Crippen LogP contribution is 2.58. The van der Waals surface area contributed by atoms with Crippen LogP contribution in [0.5, 0.6) is 0 Å². The molecule has 0 aliphatic heterocycles. The van der Waals surface area contributed by atoms with Crippen LogP contribution < -0.4 is 15.2 Å². The molecule has 5 aliphatic rings. The number of allylic oxidation sites excluding steroid dienone is 4. The van der Waals surface area contributed by atoms with Gasteiger partial charge in [-0.05, 0) is 99.0 Å². The molecule has 0 spiro atoms. The average Bonchev–Trinajstić information content (AvgIpc) is 3.56. The third-order valence-electron chi connectivity index (χ3n) is 9.37. The third-order valence-corrected chi connectivity index (χ3v) is 11.9. The van der Waals surface area contributed by atoms with Crippen molar-refractivity contribution in [2.24, 2.45) is 17.8 Å². The molecule has 4 fully saturated rings. The minimum absolute atomic E-state index is 0.368. The Labute approximate surface area is 211 Å². The van der Waals surface area contributed by atoms with E-state index in [1.165, 1.54) is 49.1 Å². The van der Waals surface area contributed by atoms with E-state index in [2.05, 4.69) is 108 Å². The molecule has 178 valence electrons. The van der Waals surface area contributed by atoms with Gasteiger partial charge in [0, 0.05) is 0 Å². The summed E-state index contributed by atoms with van der Waals surface area (Å²) in [6.45, 7) is 2.41. The number of nitrogens with zero attached hydrogens (tertiary/aromatic N) is 2. The summed E-state index contributed by atoms with van der Waals surface area (Å²) < 4.78 is 5.15. The van der Waals surface area contributed by atoms with Crippen LogP contribution in [0, 0.1) is 17.8 Å². The van der Waals surface area contributed by atoms with Gasteiger partial charge in [-0.1, -0.05) is 72.8 Å². The summed E-state index contributed by atoms with van der Waals surface area (Å²) in [5.74, 6) is 2.93. The second-order valence-corrected chi connectivity index (χ2v) is 13.8. The topological polar surface area (TPSA) is 8.81 Å². The van der Waals surface area contributed by atoms with Crippen LogP contribution in [0.4, 0.5) is 0 Å². The molecule has 2 aromatic carbocycles. The number of imidazole rings is 1. The number of hydrogen-bond acceptors (Lipinski definition) is 0. The van der Waals surface area contributed by atoms with Gasteiger partial charge in [0.2, 0.25) is 6.33 Å². The molecule has 0 radical (unpaired) electrons. The van der Waals surface area contributed by atoms with Crippen molar-refractivity contribution < 1.29 is 4.57 Å². The molecule has 3 heteroatoms. The lowest BCUT2D eigenvalue weighted by Gasteiger charge is -2.54. The molecule has 4 bridgehead atoms. The zero-order valence-electron chi connectivity index (χ0n) is 20.8. The number of benzene rings is 2. The Kier molecular flexibility index (Phi) is 5.36. The summed E-state index contributed by atoms with van der Waals surface area (Å²) in [5.41, 5.74) is 1.98. The van der Waals surface area contributed by atoms with E-state index in [4.69, 9.17) is 0 Å². The van der Waals surface area contributed by atoms with Gasteiger partial charge in [-0.2, -0.15) is 0 Å². The van der Waals surface area contributed by atoms with Gasteiger partial charge >= 0.3 is 0 Å². The quantitative estimate of drug-likeness (QED) is 0.278. The highest BCUT2D eigenvalue weighted by Gasteiger charge is 2.54. The van der Waals surface area contributed by atoms with Gasteiger partial charge in [0.15, 0.2) is 0 Å². The first-order valence-electron chi connectivity index (χ1n) is 13.6. The summed E-state index contributed by atoms with van der Waals surface area (Å²) in [5, 5.41) is 4.42. The molecular weight excluding hydrogens is 443 g/mol. The first-order chi connectivity index (χ1) is 17.2. The van der Waals surface area contributed by atoms with Crippen molar-refractivity contribution in [3.8, 4) is 0 Å². The van der Waals surface area contributed by atoms with Crippen LogP contribution in [0.15, 0.2) is 102 Å². The van der Waals surface area contributed by atoms with Gasteiger partial charge in [0.05, 0.1) is 0 Å². The van der Waals surface area contributed by atoms with Crippen molar-refractivity contribution in [3.05, 3.63) is 102 Å². The molecule has 5 aliphatic carbocycles. The average molecular weight is 480 g/mol. The lowest BCUT2D eigenvalue weighted by atomic mass is 9.53. The van der Waals surface area contributed by atoms with Crippen LogP contribution in [0.25, 0.3) is 0 Å². The van der Waals surface area contributed by atoms with E-state index < -0.39 is 7.92 Å². The van der Waals surface area contributed by atoms with Crippen LogP contribution in [0.2, 0.25) is 0 Å². The smallest absolute Gasteiger partial charge is 0.231 e. The molecule has 8 rings (SSSR count). The van der Waals surface area contributed by atoms with E-state index in [1.807, 2.05) is 0 Å². The molecule has 1 atom stereocenters. The summed E-state index contributed by atoms with van der Waals surface area (Å²) in [6.07, 6.45) is 21.8. The molecule has 1 unspecified atom stereocenters. The fourth-order valence-corrected chi connectivity index (χ4v) is 10.7. The Morgan fingerprint density at radius 1 is 0.857 bits per heavy atom. The van der Waals surface area contributed by atoms with Crippen molar-refractivity contribution in [1.82, 2.24) is 4.57 Å². The monoisotopic (exact) mass is 479 g/mol. The Balaban J connectivity index is 1.24. The number of aromatic nitrogens is 2. The van der Waals surface area contributed by atoms with Crippen LogP contribution in [0.3, 0.4) is 0 Å². The lowest BCUT2D eigenvalue weighted by Crippen LogP contribution is -2.52. The van der Waals surface area contributed by atoms with E-state index in [0.717, 1.165) is 24.2 Å². The van der Waals surface area contributed by atoms with E-state index in [0.29, 0.717) is 11.6 Å². The zero-order valence-corrected chi connectivity index (χ0v) is 21.7. The molecule has 35 heavy (non-hydrogen) atoms. The molecule has 0 saturated heterocycles. The summed E-state index contributed by atoms with van der Waals surface area (Å²) in [4.78, 5) is 0. The standard InChI is InChI=1S/C32H36N2P/c1-24(33-15-16-34(23-33)32-20-25-17-26(21-32)19-27(18-25)22-32)30-13-8-14-31(30)35(28-9-4-2-5-10-28)29-11-6-3-7-12-29/h2-12,14-16,23-27H,13,17-22H2,1H3/q+1. The van der Waals surface area contributed by atoms with Gasteiger partial charge in [0.25, 0.3) is 0 Å². The van der Waals surface area contributed by atoms with Gasteiger partial charge in [-0.15, -0.1) is 0 Å². The zero-order chi connectivity index (χ0) is 23.4. The van der Waals surface area contributed by atoms with Crippen LogP contribution in [-0.2, 0) is 5.54 Å². The Bertz CT molecular complexity index is 1190. The largest absolute Gasteiger partial charge is 0.244 e. The molecule has 2 nitrogen and oxygen atoms in total. The normalized spacial score (nSPS) is 29.9. The van der Waals surface area contributed by atoms with Gasteiger partial charge < -0.3 is 0 Å². The number of rotatable bonds is 6. The predicted octanol–water partition coefficient (Wildman–Crippen LogP) is 6.61. The molecule has 4 saturated carbocycles. The fourth-order valence-electron chi connectivity index (χ4n) is 8.13. The first-order valence-corrected chi connectivity index (χ1v) is 14.9. The van der Waals surface area contributed by atoms with Gasteiger partial charge in [0.1, 0.15) is 24.0 Å². The fraction of sp³-hybridized carbons (Fsp3) is 0.406. The molecule has 0 amide bonds. The van der Waals surface area contributed by atoms with E-state index in [-0.39, 0.29) is 0 Å². The van der Waals surface area contributed by atoms with Crippen molar-refractivity contribution in [2.45, 2.75) is 63.5 Å². The minimum atomic E-state index is -0.557. The predicted molar refractivity (Wildman–Crippen MR) is 145 cm³/mol. The van der Waals surface area contributed by atoms with E-state index >= 15 is 0 Å². The second-order valence-electron chi connectivity index (χ2n) is 11.6. The highest BCUT2D eigenvalue weighted by atomic mass is 31.1. The Morgan fingerprint density at radius 2 is 1.43 bits per heavy atom. The minimum Gasteiger partial charge on any atom is -0.231 e. The summed E-state index contributed by atoms with van der Waals surface area (Å²) in [6, 6.07) is 22.7.